The van der Waals surface area contributed by atoms with Crippen LogP contribution < -0.4 is 5.43 Å². The molecule has 76 valence electrons. The highest BCUT2D eigenvalue weighted by Crippen LogP contribution is 2.13. The van der Waals surface area contributed by atoms with Gasteiger partial charge < -0.3 is 4.57 Å². The van der Waals surface area contributed by atoms with Crippen LogP contribution in [0.4, 0.5) is 5.82 Å². The van der Waals surface area contributed by atoms with E-state index in [4.69, 9.17) is 0 Å². The lowest BCUT2D eigenvalue weighted by Gasteiger charge is -2.04. The molecule has 0 aromatic carbocycles. The number of nitrogens with zero attached hydrogens (tertiary/aromatic N) is 2. The summed E-state index contributed by atoms with van der Waals surface area (Å²) < 4.78 is 1.73. The van der Waals surface area contributed by atoms with Crippen molar-refractivity contribution in [1.29, 1.82) is 0 Å². The van der Waals surface area contributed by atoms with E-state index in [1.54, 1.807) is 17.8 Å². The Kier molecular flexibility index (Phi) is 5.22. The number of pyridine rings is 1. The molecule has 0 bridgehead atoms. The summed E-state index contributed by atoms with van der Waals surface area (Å²) in [5, 5.41) is 0. The predicted molar refractivity (Wildman–Crippen MR) is 62.3 cm³/mol. The molecule has 0 atom stereocenters. The molecule has 3 nitrogen and oxygen atoms in total. The second kappa shape index (κ2) is 5.91. The van der Waals surface area contributed by atoms with Crippen molar-refractivity contribution in [3.05, 3.63) is 34.6 Å². The number of rotatable bonds is 2. The Morgan fingerprint density at radius 1 is 1.50 bits per heavy atom. The number of aliphatic imine (C=N–C) groups is 1. The first-order valence-corrected chi connectivity index (χ1v) is 4.49. The quantitative estimate of drug-likeness (QED) is 0.662. The van der Waals surface area contributed by atoms with Crippen LogP contribution in [0.1, 0.15) is 19.4 Å². The largest absolute Gasteiger partial charge is 0.335 e. The first-order valence-electron chi connectivity index (χ1n) is 4.49. The SMILES string of the molecule is C=Cc1c(N=C)n(C)ccc1=O.CC. The molecule has 0 saturated carbocycles. The summed E-state index contributed by atoms with van der Waals surface area (Å²) in [7, 11) is 1.80. The molecule has 0 aliphatic carbocycles. The number of aryl methyl sites for hydroxylation is 1. The molecular weight excluding hydrogens is 176 g/mol. The van der Waals surface area contributed by atoms with Gasteiger partial charge in [-0.15, -0.1) is 0 Å². The molecular formula is C11H16N2O. The van der Waals surface area contributed by atoms with E-state index < -0.39 is 0 Å². The van der Waals surface area contributed by atoms with Gasteiger partial charge in [-0.3, -0.25) is 4.79 Å². The van der Waals surface area contributed by atoms with E-state index >= 15 is 0 Å². The van der Waals surface area contributed by atoms with E-state index in [9.17, 15) is 4.79 Å². The molecule has 0 saturated heterocycles. The summed E-state index contributed by atoms with van der Waals surface area (Å²) in [5.74, 6) is 0.553. The zero-order chi connectivity index (χ0) is 11.1. The second-order valence-electron chi connectivity index (χ2n) is 2.39. The molecule has 0 N–H and O–H groups in total. The van der Waals surface area contributed by atoms with Gasteiger partial charge in [-0.05, 0) is 6.72 Å². The number of hydrogen-bond donors (Lipinski definition) is 0. The van der Waals surface area contributed by atoms with Gasteiger partial charge in [0, 0.05) is 19.3 Å². The van der Waals surface area contributed by atoms with E-state index in [0.717, 1.165) is 0 Å². The van der Waals surface area contributed by atoms with Gasteiger partial charge in [0.15, 0.2) is 5.43 Å². The smallest absolute Gasteiger partial charge is 0.190 e. The molecule has 1 aromatic heterocycles. The molecule has 0 aliphatic rings. The topological polar surface area (TPSA) is 34.4 Å². The second-order valence-corrected chi connectivity index (χ2v) is 2.39. The molecule has 3 heteroatoms. The monoisotopic (exact) mass is 192 g/mol. The predicted octanol–water partition coefficient (Wildman–Crippen LogP) is 2.39. The van der Waals surface area contributed by atoms with Crippen LogP contribution in [0.3, 0.4) is 0 Å². The van der Waals surface area contributed by atoms with Gasteiger partial charge in [0.05, 0.1) is 5.56 Å². The molecule has 0 radical (unpaired) electrons. The summed E-state index contributed by atoms with van der Waals surface area (Å²) in [6.45, 7) is 10.9. The van der Waals surface area contributed by atoms with Crippen molar-refractivity contribution in [3.8, 4) is 0 Å². The van der Waals surface area contributed by atoms with Gasteiger partial charge in [0.2, 0.25) is 0 Å². The Bertz CT molecular complexity index is 377. The fourth-order valence-corrected chi connectivity index (χ4v) is 1.03. The number of aromatic nitrogens is 1. The first-order chi connectivity index (χ1) is 6.70. The number of hydrogen-bond acceptors (Lipinski definition) is 2. The molecule has 1 aromatic rings. The molecule has 0 spiro atoms. The molecule has 0 fully saturated rings. The zero-order valence-electron chi connectivity index (χ0n) is 8.95. The maximum Gasteiger partial charge on any atom is 0.190 e. The van der Waals surface area contributed by atoms with Crippen molar-refractivity contribution >= 4 is 18.6 Å². The van der Waals surface area contributed by atoms with E-state index in [0.29, 0.717) is 11.4 Å². The van der Waals surface area contributed by atoms with Gasteiger partial charge in [0.1, 0.15) is 5.82 Å². The lowest BCUT2D eigenvalue weighted by Crippen LogP contribution is -2.07. The maximum absolute atomic E-state index is 11.2. The third-order valence-corrected chi connectivity index (χ3v) is 1.64. The van der Waals surface area contributed by atoms with Crippen LogP contribution in [0.15, 0.2) is 28.6 Å². The minimum Gasteiger partial charge on any atom is -0.335 e. The van der Waals surface area contributed by atoms with Crippen LogP contribution >= 0.6 is 0 Å². The van der Waals surface area contributed by atoms with Crippen molar-refractivity contribution in [2.75, 3.05) is 0 Å². The van der Waals surface area contributed by atoms with Crippen LogP contribution in [-0.4, -0.2) is 11.3 Å². The Hall–Kier alpha value is -1.64. The Balaban J connectivity index is 0.000000791. The van der Waals surface area contributed by atoms with E-state index in [-0.39, 0.29) is 5.43 Å². The van der Waals surface area contributed by atoms with Crippen molar-refractivity contribution < 1.29 is 0 Å². The standard InChI is InChI=1S/C9H10N2O.C2H6/c1-4-7-8(12)5-6-11(3)9(7)10-2;1-2/h4-6H,1-2H2,3H3;1-2H3. The van der Waals surface area contributed by atoms with E-state index in [1.807, 2.05) is 13.8 Å². The first kappa shape index (κ1) is 12.4. The lowest BCUT2D eigenvalue weighted by atomic mass is 10.2. The fourth-order valence-electron chi connectivity index (χ4n) is 1.03. The Labute approximate surface area is 84.4 Å². The van der Waals surface area contributed by atoms with Crippen molar-refractivity contribution in [2.24, 2.45) is 12.0 Å². The zero-order valence-corrected chi connectivity index (χ0v) is 8.95. The van der Waals surface area contributed by atoms with Crippen LogP contribution in [0.25, 0.3) is 6.08 Å². The van der Waals surface area contributed by atoms with E-state index in [1.165, 1.54) is 12.1 Å². The van der Waals surface area contributed by atoms with E-state index in [2.05, 4.69) is 18.3 Å². The normalized spacial score (nSPS) is 8.50. The fraction of sp³-hybridized carbons (Fsp3) is 0.273. The van der Waals surface area contributed by atoms with Crippen molar-refractivity contribution in [1.82, 2.24) is 4.57 Å². The Morgan fingerprint density at radius 3 is 2.43 bits per heavy atom. The van der Waals surface area contributed by atoms with Gasteiger partial charge in [0.25, 0.3) is 0 Å². The summed E-state index contributed by atoms with van der Waals surface area (Å²) >= 11 is 0. The van der Waals surface area contributed by atoms with Crippen molar-refractivity contribution in [2.45, 2.75) is 13.8 Å². The highest BCUT2D eigenvalue weighted by molar-refractivity contribution is 5.61. The summed E-state index contributed by atoms with van der Waals surface area (Å²) in [4.78, 5) is 15.0. The van der Waals surface area contributed by atoms with Gasteiger partial charge >= 0.3 is 0 Å². The summed E-state index contributed by atoms with van der Waals surface area (Å²) in [5.41, 5.74) is 0.417. The molecule has 14 heavy (non-hydrogen) atoms. The lowest BCUT2D eigenvalue weighted by molar-refractivity contribution is 0.898. The highest BCUT2D eigenvalue weighted by Gasteiger charge is 2.02. The molecule has 1 rings (SSSR count). The van der Waals surface area contributed by atoms with Crippen LogP contribution in [0.5, 0.6) is 0 Å². The molecule has 0 amide bonds. The Morgan fingerprint density at radius 2 is 2.07 bits per heavy atom. The third-order valence-electron chi connectivity index (χ3n) is 1.64. The minimum atomic E-state index is -0.0782. The van der Waals surface area contributed by atoms with Crippen LogP contribution in [-0.2, 0) is 7.05 Å². The van der Waals surface area contributed by atoms with Crippen molar-refractivity contribution in [3.63, 3.8) is 0 Å². The minimum absolute atomic E-state index is 0.0782. The summed E-state index contributed by atoms with van der Waals surface area (Å²) in [6.07, 6.45) is 3.14. The third kappa shape index (κ3) is 2.42. The van der Waals surface area contributed by atoms with Gasteiger partial charge in [-0.1, -0.05) is 26.5 Å². The van der Waals surface area contributed by atoms with Gasteiger partial charge in [-0.2, -0.15) is 0 Å². The molecule has 0 aliphatic heterocycles. The average Bonchev–Trinajstić information content (AvgIpc) is 2.24. The highest BCUT2D eigenvalue weighted by atomic mass is 16.1. The average molecular weight is 192 g/mol. The van der Waals surface area contributed by atoms with Crippen LogP contribution in [0, 0.1) is 0 Å². The summed E-state index contributed by atoms with van der Waals surface area (Å²) in [6, 6.07) is 1.48. The maximum atomic E-state index is 11.2. The van der Waals surface area contributed by atoms with Crippen LogP contribution in [0.2, 0.25) is 0 Å². The molecule has 0 unspecified atom stereocenters. The molecule has 1 heterocycles. The van der Waals surface area contributed by atoms with Gasteiger partial charge in [-0.25, -0.2) is 4.99 Å².